The molecule has 4 nitrogen and oxygen atoms in total. The first-order chi connectivity index (χ1) is 9.74. The van der Waals surface area contributed by atoms with E-state index >= 15 is 0 Å². The molecule has 102 valence electrons. The summed E-state index contributed by atoms with van der Waals surface area (Å²) < 4.78 is 5.12. The number of oxime groups is 1. The number of aliphatic imine (C=N–C) groups is 1. The molecule has 0 saturated carbocycles. The zero-order chi connectivity index (χ0) is 14.4. The van der Waals surface area contributed by atoms with Crippen molar-refractivity contribution in [3.8, 4) is 5.75 Å². The molecular weight excluding hydrogens is 252 g/mol. The summed E-state index contributed by atoms with van der Waals surface area (Å²) >= 11 is 0. The summed E-state index contributed by atoms with van der Waals surface area (Å²) in [6.45, 7) is 1.72. The van der Waals surface area contributed by atoms with Gasteiger partial charge in [0.05, 0.1) is 18.5 Å². The molecule has 0 aliphatic heterocycles. The van der Waals surface area contributed by atoms with Gasteiger partial charge in [-0.15, -0.1) is 0 Å². The lowest BCUT2D eigenvalue weighted by Gasteiger charge is -2.06. The fourth-order valence-corrected chi connectivity index (χ4v) is 1.78. The van der Waals surface area contributed by atoms with Gasteiger partial charge in [-0.1, -0.05) is 35.5 Å². The van der Waals surface area contributed by atoms with Crippen molar-refractivity contribution < 1.29 is 9.94 Å². The van der Waals surface area contributed by atoms with Gasteiger partial charge in [-0.3, -0.25) is 0 Å². The highest BCUT2D eigenvalue weighted by Gasteiger charge is 2.08. The van der Waals surface area contributed by atoms with E-state index in [1.165, 1.54) is 0 Å². The van der Waals surface area contributed by atoms with E-state index in [2.05, 4.69) is 10.1 Å². The minimum Gasteiger partial charge on any atom is -0.497 e. The van der Waals surface area contributed by atoms with E-state index in [9.17, 15) is 0 Å². The lowest BCUT2D eigenvalue weighted by Crippen LogP contribution is -2.11. The molecule has 0 fully saturated rings. The zero-order valence-electron chi connectivity index (χ0n) is 11.4. The SMILES string of the molecule is COc1ccc(N=C(/C(C)=N/O)c2ccccc2)cc1. The third-order valence-electron chi connectivity index (χ3n) is 2.85. The fourth-order valence-electron chi connectivity index (χ4n) is 1.78. The van der Waals surface area contributed by atoms with Crippen LogP contribution in [-0.4, -0.2) is 23.7 Å². The van der Waals surface area contributed by atoms with Crippen LogP contribution in [0.1, 0.15) is 12.5 Å². The predicted octanol–water partition coefficient (Wildman–Crippen LogP) is 3.67. The normalized spacial score (nSPS) is 12.3. The van der Waals surface area contributed by atoms with Gasteiger partial charge >= 0.3 is 0 Å². The van der Waals surface area contributed by atoms with Crippen LogP contribution >= 0.6 is 0 Å². The molecule has 0 bridgehead atoms. The number of methoxy groups -OCH3 is 1. The van der Waals surface area contributed by atoms with E-state index in [4.69, 9.17) is 9.94 Å². The molecule has 2 rings (SSSR count). The highest BCUT2D eigenvalue weighted by molar-refractivity contribution is 6.47. The van der Waals surface area contributed by atoms with E-state index in [1.54, 1.807) is 14.0 Å². The number of ether oxygens (including phenoxy) is 1. The van der Waals surface area contributed by atoms with Crippen molar-refractivity contribution in [2.45, 2.75) is 6.92 Å². The monoisotopic (exact) mass is 268 g/mol. The average Bonchev–Trinajstić information content (AvgIpc) is 2.53. The Labute approximate surface area is 118 Å². The van der Waals surface area contributed by atoms with Gasteiger partial charge in [0.1, 0.15) is 11.5 Å². The fraction of sp³-hybridized carbons (Fsp3) is 0.125. The Morgan fingerprint density at radius 1 is 1.00 bits per heavy atom. The van der Waals surface area contributed by atoms with Gasteiger partial charge < -0.3 is 9.94 Å². The Balaban J connectivity index is 2.43. The van der Waals surface area contributed by atoms with Crippen LogP contribution in [0.4, 0.5) is 5.69 Å². The van der Waals surface area contributed by atoms with E-state index in [0.29, 0.717) is 11.4 Å². The number of rotatable bonds is 4. The van der Waals surface area contributed by atoms with Gasteiger partial charge in [-0.2, -0.15) is 0 Å². The van der Waals surface area contributed by atoms with Crippen LogP contribution in [0.5, 0.6) is 5.75 Å². The highest BCUT2D eigenvalue weighted by atomic mass is 16.5. The Bertz CT molecular complexity index is 617. The molecule has 1 N–H and O–H groups in total. The summed E-state index contributed by atoms with van der Waals surface area (Å²) in [5, 5.41) is 12.3. The lowest BCUT2D eigenvalue weighted by molar-refractivity contribution is 0.320. The molecule has 0 atom stereocenters. The standard InChI is InChI=1S/C16H16N2O2/c1-12(18-19)16(13-6-4-3-5-7-13)17-14-8-10-15(20-2)11-9-14/h3-11,19H,1-2H3/b17-16?,18-12+. The van der Waals surface area contributed by atoms with Gasteiger partial charge in [0.25, 0.3) is 0 Å². The van der Waals surface area contributed by atoms with Crippen LogP contribution in [0.2, 0.25) is 0 Å². The van der Waals surface area contributed by atoms with Crippen molar-refractivity contribution >= 4 is 17.1 Å². The Hall–Kier alpha value is -2.62. The number of hydrogen-bond acceptors (Lipinski definition) is 4. The van der Waals surface area contributed by atoms with Crippen LogP contribution in [0.25, 0.3) is 0 Å². The lowest BCUT2D eigenvalue weighted by atomic mass is 10.1. The molecular formula is C16H16N2O2. The highest BCUT2D eigenvalue weighted by Crippen LogP contribution is 2.19. The molecule has 0 spiro atoms. The molecule has 0 amide bonds. The summed E-state index contributed by atoms with van der Waals surface area (Å²) in [6, 6.07) is 17.0. The summed E-state index contributed by atoms with van der Waals surface area (Å²) in [7, 11) is 1.62. The maximum absolute atomic E-state index is 9.01. The molecule has 20 heavy (non-hydrogen) atoms. The van der Waals surface area contributed by atoms with Crippen LogP contribution in [-0.2, 0) is 0 Å². The first kappa shape index (κ1) is 13.8. The van der Waals surface area contributed by atoms with Crippen LogP contribution in [0.3, 0.4) is 0 Å². The first-order valence-electron chi connectivity index (χ1n) is 6.22. The maximum atomic E-state index is 9.01. The van der Waals surface area contributed by atoms with E-state index < -0.39 is 0 Å². The third-order valence-corrected chi connectivity index (χ3v) is 2.85. The summed E-state index contributed by atoms with van der Waals surface area (Å²) in [4.78, 5) is 4.55. The minimum absolute atomic E-state index is 0.465. The van der Waals surface area contributed by atoms with E-state index in [0.717, 1.165) is 17.0 Å². The van der Waals surface area contributed by atoms with Gasteiger partial charge in [0, 0.05) is 5.56 Å². The topological polar surface area (TPSA) is 54.2 Å². The van der Waals surface area contributed by atoms with Crippen LogP contribution in [0, 0.1) is 0 Å². The van der Waals surface area contributed by atoms with Gasteiger partial charge in [0.2, 0.25) is 0 Å². The smallest absolute Gasteiger partial charge is 0.119 e. The van der Waals surface area contributed by atoms with Crippen molar-refractivity contribution in [3.63, 3.8) is 0 Å². The summed E-state index contributed by atoms with van der Waals surface area (Å²) in [5.41, 5.74) is 2.77. The van der Waals surface area contributed by atoms with Crippen molar-refractivity contribution in [2.75, 3.05) is 7.11 Å². The Morgan fingerprint density at radius 3 is 2.20 bits per heavy atom. The van der Waals surface area contributed by atoms with E-state index in [-0.39, 0.29) is 0 Å². The van der Waals surface area contributed by atoms with Gasteiger partial charge in [-0.05, 0) is 31.2 Å². The predicted molar refractivity (Wildman–Crippen MR) is 80.5 cm³/mol. The second-order valence-electron chi connectivity index (χ2n) is 4.21. The number of hydrogen-bond donors (Lipinski definition) is 1. The van der Waals surface area contributed by atoms with Crippen molar-refractivity contribution in [3.05, 3.63) is 60.2 Å². The Kier molecular flexibility index (Phi) is 4.50. The van der Waals surface area contributed by atoms with Crippen LogP contribution < -0.4 is 4.74 Å². The Morgan fingerprint density at radius 2 is 1.65 bits per heavy atom. The van der Waals surface area contributed by atoms with Crippen molar-refractivity contribution in [2.24, 2.45) is 10.1 Å². The van der Waals surface area contributed by atoms with Crippen molar-refractivity contribution in [1.29, 1.82) is 0 Å². The second-order valence-corrected chi connectivity index (χ2v) is 4.21. The van der Waals surface area contributed by atoms with Crippen LogP contribution in [0.15, 0.2) is 64.7 Å². The number of nitrogens with zero attached hydrogens (tertiary/aromatic N) is 2. The maximum Gasteiger partial charge on any atom is 0.119 e. The molecule has 0 radical (unpaired) electrons. The second kappa shape index (κ2) is 6.52. The molecule has 0 heterocycles. The molecule has 0 aliphatic carbocycles. The third kappa shape index (κ3) is 3.23. The van der Waals surface area contributed by atoms with Gasteiger partial charge in [0.15, 0.2) is 0 Å². The molecule has 2 aromatic rings. The summed E-state index contributed by atoms with van der Waals surface area (Å²) in [6.07, 6.45) is 0. The minimum atomic E-state index is 0.465. The first-order valence-corrected chi connectivity index (χ1v) is 6.22. The average molecular weight is 268 g/mol. The molecule has 2 aromatic carbocycles. The van der Waals surface area contributed by atoms with E-state index in [1.807, 2.05) is 54.6 Å². The molecule has 0 unspecified atom stereocenters. The number of benzene rings is 2. The molecule has 4 heteroatoms. The van der Waals surface area contributed by atoms with Gasteiger partial charge in [-0.25, -0.2) is 4.99 Å². The summed E-state index contributed by atoms with van der Waals surface area (Å²) in [5.74, 6) is 0.776. The molecule has 0 aliphatic rings. The quantitative estimate of drug-likeness (QED) is 0.522. The molecule has 0 aromatic heterocycles. The zero-order valence-corrected chi connectivity index (χ0v) is 11.4. The largest absolute Gasteiger partial charge is 0.497 e. The van der Waals surface area contributed by atoms with Crippen molar-refractivity contribution in [1.82, 2.24) is 0 Å². The molecule has 0 saturated heterocycles.